The Hall–Kier alpha value is -2.50. The quantitative estimate of drug-likeness (QED) is 0.880. The number of aromatic nitrogens is 2. The van der Waals surface area contributed by atoms with Gasteiger partial charge in [-0.2, -0.15) is 0 Å². The van der Waals surface area contributed by atoms with Crippen LogP contribution in [0.25, 0.3) is 0 Å². The zero-order valence-electron chi connectivity index (χ0n) is 12.6. The topological polar surface area (TPSA) is 76.5 Å². The van der Waals surface area contributed by atoms with Gasteiger partial charge in [0.05, 0.1) is 26.3 Å². The highest BCUT2D eigenvalue weighted by molar-refractivity contribution is 5.59. The smallest absolute Gasteiger partial charge is 0.225 e. The number of rotatable bonds is 5. The minimum Gasteiger partial charge on any atom is -0.507 e. The van der Waals surface area contributed by atoms with Crippen molar-refractivity contribution in [1.82, 2.24) is 9.97 Å². The lowest BCUT2D eigenvalue weighted by Gasteiger charge is -2.15. The molecule has 0 aliphatic heterocycles. The van der Waals surface area contributed by atoms with E-state index in [-0.39, 0.29) is 0 Å². The first-order valence-corrected chi connectivity index (χ1v) is 6.53. The van der Waals surface area contributed by atoms with Gasteiger partial charge >= 0.3 is 0 Å². The number of phenolic OH excluding ortho intramolecular Hbond substituents is 1. The van der Waals surface area contributed by atoms with E-state index in [0.717, 1.165) is 22.4 Å². The summed E-state index contributed by atoms with van der Waals surface area (Å²) in [4.78, 5) is 8.14. The fourth-order valence-corrected chi connectivity index (χ4v) is 2.09. The molecule has 2 rings (SSSR count). The van der Waals surface area contributed by atoms with Crippen molar-refractivity contribution in [1.29, 1.82) is 0 Å². The van der Waals surface area contributed by atoms with Crippen LogP contribution in [0.1, 0.15) is 16.7 Å². The third-order valence-electron chi connectivity index (χ3n) is 3.34. The van der Waals surface area contributed by atoms with Gasteiger partial charge in [0.25, 0.3) is 0 Å². The van der Waals surface area contributed by atoms with Crippen LogP contribution in [0.3, 0.4) is 0 Å². The molecule has 0 aliphatic rings. The molecule has 21 heavy (non-hydrogen) atoms. The maximum atomic E-state index is 9.97. The second kappa shape index (κ2) is 6.30. The first-order chi connectivity index (χ1) is 10.1. The first-order valence-electron chi connectivity index (χ1n) is 6.53. The lowest BCUT2D eigenvalue weighted by atomic mass is 10.1. The summed E-state index contributed by atoms with van der Waals surface area (Å²) in [5.41, 5.74) is 3.20. The molecule has 2 aromatic rings. The number of phenols is 1. The molecule has 0 aliphatic carbocycles. The maximum Gasteiger partial charge on any atom is 0.225 e. The van der Waals surface area contributed by atoms with Crippen molar-refractivity contribution in [2.45, 2.75) is 20.4 Å². The van der Waals surface area contributed by atoms with E-state index in [2.05, 4.69) is 15.3 Å². The standard InChI is InChI=1S/C15H19N3O3/c1-9-5-6-12(10(2)13(9)19)16-7-11-14(20-3)17-8-18-15(11)21-4/h5-6,8,16,19H,7H2,1-4H3. The predicted molar refractivity (Wildman–Crippen MR) is 80.0 cm³/mol. The molecule has 0 saturated carbocycles. The number of aryl methyl sites for hydroxylation is 1. The van der Waals surface area contributed by atoms with Gasteiger partial charge in [-0.25, -0.2) is 9.97 Å². The van der Waals surface area contributed by atoms with Gasteiger partial charge in [-0.3, -0.25) is 0 Å². The van der Waals surface area contributed by atoms with Gasteiger partial charge in [-0.1, -0.05) is 6.07 Å². The van der Waals surface area contributed by atoms with Crippen LogP contribution >= 0.6 is 0 Å². The fourth-order valence-electron chi connectivity index (χ4n) is 2.09. The number of aromatic hydroxyl groups is 1. The summed E-state index contributed by atoms with van der Waals surface area (Å²) in [7, 11) is 3.10. The highest BCUT2D eigenvalue weighted by atomic mass is 16.5. The normalized spacial score (nSPS) is 10.3. The number of anilines is 1. The Labute approximate surface area is 123 Å². The summed E-state index contributed by atoms with van der Waals surface area (Å²) in [5.74, 6) is 1.22. The summed E-state index contributed by atoms with van der Waals surface area (Å²) >= 11 is 0. The molecule has 0 amide bonds. The molecule has 6 nitrogen and oxygen atoms in total. The zero-order valence-corrected chi connectivity index (χ0v) is 12.6. The molecule has 0 atom stereocenters. The minimum atomic E-state index is 0.295. The van der Waals surface area contributed by atoms with E-state index in [0.29, 0.717) is 24.1 Å². The number of ether oxygens (including phenoxy) is 2. The van der Waals surface area contributed by atoms with E-state index in [1.807, 2.05) is 26.0 Å². The van der Waals surface area contributed by atoms with Crippen LogP contribution in [0, 0.1) is 13.8 Å². The van der Waals surface area contributed by atoms with Crippen LogP contribution in [-0.4, -0.2) is 29.3 Å². The SMILES string of the molecule is COc1ncnc(OC)c1CNc1ccc(C)c(O)c1C. The summed E-state index contributed by atoms with van der Waals surface area (Å²) in [6, 6.07) is 3.79. The van der Waals surface area contributed by atoms with E-state index >= 15 is 0 Å². The monoisotopic (exact) mass is 289 g/mol. The van der Waals surface area contributed by atoms with Gasteiger partial charge < -0.3 is 19.9 Å². The molecule has 0 bridgehead atoms. The molecule has 0 spiro atoms. The molecule has 1 heterocycles. The van der Waals surface area contributed by atoms with E-state index < -0.39 is 0 Å². The van der Waals surface area contributed by atoms with Crippen LogP contribution in [0.15, 0.2) is 18.5 Å². The average molecular weight is 289 g/mol. The third-order valence-corrected chi connectivity index (χ3v) is 3.34. The van der Waals surface area contributed by atoms with Gasteiger partial charge in [0.1, 0.15) is 12.1 Å². The second-order valence-electron chi connectivity index (χ2n) is 4.63. The summed E-state index contributed by atoms with van der Waals surface area (Å²) in [6.07, 6.45) is 1.39. The molecule has 1 aromatic carbocycles. The van der Waals surface area contributed by atoms with Crippen molar-refractivity contribution in [3.63, 3.8) is 0 Å². The number of nitrogens with zero attached hydrogens (tertiary/aromatic N) is 2. The highest BCUT2D eigenvalue weighted by Gasteiger charge is 2.13. The number of nitrogens with one attached hydrogen (secondary N) is 1. The predicted octanol–water partition coefficient (Wildman–Crippen LogP) is 2.43. The van der Waals surface area contributed by atoms with Crippen LogP contribution in [0.5, 0.6) is 17.5 Å². The van der Waals surface area contributed by atoms with E-state index in [1.165, 1.54) is 6.33 Å². The molecule has 112 valence electrons. The molecule has 1 aromatic heterocycles. The molecule has 6 heteroatoms. The van der Waals surface area contributed by atoms with Gasteiger partial charge in [0.15, 0.2) is 0 Å². The van der Waals surface area contributed by atoms with Crippen LogP contribution in [0.4, 0.5) is 5.69 Å². The Morgan fingerprint density at radius 1 is 1.10 bits per heavy atom. The minimum absolute atomic E-state index is 0.295. The van der Waals surface area contributed by atoms with E-state index in [1.54, 1.807) is 14.2 Å². The Balaban J connectivity index is 2.26. The molecule has 2 N–H and O–H groups in total. The lowest BCUT2D eigenvalue weighted by Crippen LogP contribution is -2.07. The third kappa shape index (κ3) is 2.99. The second-order valence-corrected chi connectivity index (χ2v) is 4.63. The summed E-state index contributed by atoms with van der Waals surface area (Å²) in [6.45, 7) is 4.15. The van der Waals surface area contributed by atoms with Crippen molar-refractivity contribution in [3.8, 4) is 17.5 Å². The van der Waals surface area contributed by atoms with Gasteiger partial charge in [0.2, 0.25) is 11.8 Å². The van der Waals surface area contributed by atoms with Crippen molar-refractivity contribution in [3.05, 3.63) is 35.2 Å². The average Bonchev–Trinajstić information content (AvgIpc) is 2.51. The fraction of sp³-hybridized carbons (Fsp3) is 0.333. The van der Waals surface area contributed by atoms with Gasteiger partial charge in [-0.15, -0.1) is 0 Å². The molecular weight excluding hydrogens is 270 g/mol. The Morgan fingerprint density at radius 3 is 2.29 bits per heavy atom. The van der Waals surface area contributed by atoms with Crippen LogP contribution in [-0.2, 0) is 6.54 Å². The van der Waals surface area contributed by atoms with Gasteiger partial charge in [-0.05, 0) is 25.5 Å². The van der Waals surface area contributed by atoms with Crippen LogP contribution in [0.2, 0.25) is 0 Å². The van der Waals surface area contributed by atoms with Crippen molar-refractivity contribution < 1.29 is 14.6 Å². The number of hydrogen-bond donors (Lipinski definition) is 2. The van der Waals surface area contributed by atoms with Crippen molar-refractivity contribution in [2.24, 2.45) is 0 Å². The Morgan fingerprint density at radius 2 is 1.71 bits per heavy atom. The molecule has 0 unspecified atom stereocenters. The van der Waals surface area contributed by atoms with Crippen LogP contribution < -0.4 is 14.8 Å². The van der Waals surface area contributed by atoms with E-state index in [4.69, 9.17) is 9.47 Å². The van der Waals surface area contributed by atoms with Gasteiger partial charge in [0, 0.05) is 11.3 Å². The molecule has 0 fully saturated rings. The largest absolute Gasteiger partial charge is 0.507 e. The Kier molecular flexibility index (Phi) is 4.47. The number of methoxy groups -OCH3 is 2. The number of hydrogen-bond acceptors (Lipinski definition) is 6. The Bertz CT molecular complexity index is 622. The highest BCUT2D eigenvalue weighted by Crippen LogP contribution is 2.30. The summed E-state index contributed by atoms with van der Waals surface area (Å²) < 4.78 is 10.5. The van der Waals surface area contributed by atoms with Crippen molar-refractivity contribution >= 4 is 5.69 Å². The number of benzene rings is 1. The molecule has 0 saturated heterocycles. The van der Waals surface area contributed by atoms with E-state index in [9.17, 15) is 5.11 Å². The molecular formula is C15H19N3O3. The zero-order chi connectivity index (χ0) is 15.4. The molecule has 0 radical (unpaired) electrons. The van der Waals surface area contributed by atoms with Crippen molar-refractivity contribution in [2.75, 3.05) is 19.5 Å². The summed E-state index contributed by atoms with van der Waals surface area (Å²) in [5, 5.41) is 13.2. The lowest BCUT2D eigenvalue weighted by molar-refractivity contribution is 0.363. The maximum absolute atomic E-state index is 9.97. The first kappa shape index (κ1) is 14.9.